The molecule has 1 aromatic heterocycles. The van der Waals surface area contributed by atoms with Crippen LogP contribution in [0.2, 0.25) is 5.02 Å². The third-order valence-corrected chi connectivity index (χ3v) is 5.80. The van der Waals surface area contributed by atoms with E-state index in [-0.39, 0.29) is 0 Å². The van der Waals surface area contributed by atoms with E-state index in [1.54, 1.807) is 0 Å². The van der Waals surface area contributed by atoms with Gasteiger partial charge >= 0.3 is 0 Å². The Morgan fingerprint density at radius 1 is 1.19 bits per heavy atom. The van der Waals surface area contributed by atoms with Crippen molar-refractivity contribution >= 4 is 23.4 Å². The molecule has 7 heteroatoms. The van der Waals surface area contributed by atoms with Crippen LogP contribution in [0.25, 0.3) is 0 Å². The molecule has 2 fully saturated rings. The quantitative estimate of drug-likeness (QED) is 0.786. The Bertz CT molecular complexity index is 768. The highest BCUT2D eigenvalue weighted by molar-refractivity contribution is 6.31. The molecule has 0 saturated carbocycles. The molecule has 6 nitrogen and oxygen atoms in total. The van der Waals surface area contributed by atoms with Gasteiger partial charge in [0.2, 0.25) is 5.95 Å². The van der Waals surface area contributed by atoms with Crippen LogP contribution in [-0.4, -0.2) is 67.4 Å². The first-order valence-electron chi connectivity index (χ1n) is 9.55. The van der Waals surface area contributed by atoms with Gasteiger partial charge < -0.3 is 14.5 Å². The second-order valence-corrected chi connectivity index (χ2v) is 7.60. The normalized spacial score (nSPS) is 20.8. The number of hydrogen-bond donors (Lipinski definition) is 0. The summed E-state index contributed by atoms with van der Waals surface area (Å²) in [6.45, 7) is 6.16. The third kappa shape index (κ3) is 4.34. The number of halogens is 1. The van der Waals surface area contributed by atoms with Gasteiger partial charge in [0.25, 0.3) is 0 Å². The predicted octanol–water partition coefficient (Wildman–Crippen LogP) is 2.68. The summed E-state index contributed by atoms with van der Waals surface area (Å²) in [6.07, 6.45) is 2.98. The van der Waals surface area contributed by atoms with Gasteiger partial charge in [-0.25, -0.2) is 4.98 Å². The largest absolute Gasteiger partial charge is 0.378 e. The van der Waals surface area contributed by atoms with Crippen molar-refractivity contribution in [3.8, 4) is 0 Å². The van der Waals surface area contributed by atoms with Crippen molar-refractivity contribution in [3.05, 3.63) is 47.1 Å². The first kappa shape index (κ1) is 18.5. The van der Waals surface area contributed by atoms with E-state index in [0.717, 1.165) is 69.1 Å². The first-order chi connectivity index (χ1) is 13.2. The van der Waals surface area contributed by atoms with Gasteiger partial charge in [-0.05, 0) is 24.1 Å². The Morgan fingerprint density at radius 2 is 2.00 bits per heavy atom. The zero-order valence-electron chi connectivity index (χ0n) is 15.7. The number of rotatable bonds is 5. The van der Waals surface area contributed by atoms with Gasteiger partial charge in [-0.2, -0.15) is 4.98 Å². The Morgan fingerprint density at radius 3 is 2.81 bits per heavy atom. The molecular weight excluding hydrogens is 362 g/mol. The number of benzene rings is 1. The van der Waals surface area contributed by atoms with Crippen molar-refractivity contribution in [3.63, 3.8) is 0 Å². The number of anilines is 2. The average Bonchev–Trinajstić information content (AvgIpc) is 3.18. The van der Waals surface area contributed by atoms with Gasteiger partial charge in [-0.3, -0.25) is 4.90 Å². The molecule has 2 saturated heterocycles. The molecule has 144 valence electrons. The molecule has 0 aliphatic carbocycles. The van der Waals surface area contributed by atoms with E-state index in [0.29, 0.717) is 6.04 Å². The van der Waals surface area contributed by atoms with Crippen LogP contribution in [0.3, 0.4) is 0 Å². The summed E-state index contributed by atoms with van der Waals surface area (Å²) in [5.74, 6) is 1.78. The van der Waals surface area contributed by atoms with Crippen LogP contribution in [0.15, 0.2) is 36.5 Å². The lowest BCUT2D eigenvalue weighted by Gasteiger charge is -2.29. The fourth-order valence-corrected chi connectivity index (χ4v) is 3.97. The second-order valence-electron chi connectivity index (χ2n) is 7.19. The first-order valence-corrected chi connectivity index (χ1v) is 9.93. The highest BCUT2D eigenvalue weighted by Crippen LogP contribution is 2.24. The molecule has 27 heavy (non-hydrogen) atoms. The predicted molar refractivity (Wildman–Crippen MR) is 109 cm³/mol. The number of nitrogens with zero attached hydrogens (tertiary/aromatic N) is 5. The van der Waals surface area contributed by atoms with Crippen LogP contribution in [0.5, 0.6) is 0 Å². The van der Waals surface area contributed by atoms with Crippen molar-refractivity contribution in [2.24, 2.45) is 0 Å². The lowest BCUT2D eigenvalue weighted by atomic mass is 10.2. The smallest absolute Gasteiger partial charge is 0.227 e. The van der Waals surface area contributed by atoms with Gasteiger partial charge in [0.1, 0.15) is 5.82 Å². The SMILES string of the molecule is CN(c1ccnc(N2CCOCC2)n1)C1CCN(Cc2ccccc2Cl)C1. The van der Waals surface area contributed by atoms with Crippen LogP contribution in [0, 0.1) is 0 Å². The Hall–Kier alpha value is -1.89. The second kappa shape index (κ2) is 8.42. The fraction of sp³-hybridized carbons (Fsp3) is 0.500. The lowest BCUT2D eigenvalue weighted by Crippen LogP contribution is -2.38. The summed E-state index contributed by atoms with van der Waals surface area (Å²) in [6, 6.07) is 10.5. The van der Waals surface area contributed by atoms with Gasteiger partial charge in [-0.1, -0.05) is 29.8 Å². The van der Waals surface area contributed by atoms with E-state index in [4.69, 9.17) is 21.3 Å². The molecule has 3 heterocycles. The zero-order chi connectivity index (χ0) is 18.6. The van der Waals surface area contributed by atoms with Crippen molar-refractivity contribution in [1.82, 2.24) is 14.9 Å². The summed E-state index contributed by atoms with van der Waals surface area (Å²) in [4.78, 5) is 16.2. The molecule has 0 radical (unpaired) electrons. The third-order valence-electron chi connectivity index (χ3n) is 5.43. The van der Waals surface area contributed by atoms with Gasteiger partial charge in [0.15, 0.2) is 0 Å². The number of aromatic nitrogens is 2. The highest BCUT2D eigenvalue weighted by atomic mass is 35.5. The lowest BCUT2D eigenvalue weighted by molar-refractivity contribution is 0.122. The minimum atomic E-state index is 0.444. The van der Waals surface area contributed by atoms with Crippen LogP contribution in [0.4, 0.5) is 11.8 Å². The van der Waals surface area contributed by atoms with E-state index in [2.05, 4.69) is 38.9 Å². The van der Waals surface area contributed by atoms with Gasteiger partial charge in [0, 0.05) is 57.0 Å². The van der Waals surface area contributed by atoms with E-state index in [1.165, 1.54) is 5.56 Å². The molecule has 0 N–H and O–H groups in total. The molecule has 0 amide bonds. The molecule has 1 atom stereocenters. The maximum atomic E-state index is 6.32. The Balaban J connectivity index is 1.40. The van der Waals surface area contributed by atoms with Crippen molar-refractivity contribution in [2.75, 3.05) is 56.2 Å². The van der Waals surface area contributed by atoms with E-state index < -0.39 is 0 Å². The van der Waals surface area contributed by atoms with Crippen molar-refractivity contribution in [2.45, 2.75) is 19.0 Å². The number of morpholine rings is 1. The van der Waals surface area contributed by atoms with Gasteiger partial charge in [0.05, 0.1) is 13.2 Å². The zero-order valence-corrected chi connectivity index (χ0v) is 16.5. The van der Waals surface area contributed by atoms with Crippen molar-refractivity contribution < 1.29 is 4.74 Å². The standard InChI is InChI=1S/C20H26ClN5O/c1-24(19-6-8-22-20(23-19)26-10-12-27-13-11-26)17-7-9-25(15-17)14-16-4-2-3-5-18(16)21/h2-6,8,17H,7,9-15H2,1H3. The summed E-state index contributed by atoms with van der Waals surface area (Å²) < 4.78 is 5.43. The molecule has 0 bridgehead atoms. The number of ether oxygens (including phenoxy) is 1. The molecule has 2 aliphatic heterocycles. The number of likely N-dealkylation sites (N-methyl/N-ethyl adjacent to an activating group) is 1. The molecular formula is C20H26ClN5O. The molecule has 1 unspecified atom stereocenters. The fourth-order valence-electron chi connectivity index (χ4n) is 3.78. The molecule has 1 aromatic carbocycles. The number of likely N-dealkylation sites (tertiary alicyclic amines) is 1. The maximum Gasteiger partial charge on any atom is 0.227 e. The van der Waals surface area contributed by atoms with E-state index in [1.807, 2.05) is 24.4 Å². The van der Waals surface area contributed by atoms with Crippen LogP contribution in [0.1, 0.15) is 12.0 Å². The summed E-state index contributed by atoms with van der Waals surface area (Å²) in [5, 5.41) is 0.847. The summed E-state index contributed by atoms with van der Waals surface area (Å²) >= 11 is 6.32. The van der Waals surface area contributed by atoms with E-state index >= 15 is 0 Å². The Kier molecular flexibility index (Phi) is 5.76. The molecule has 2 aliphatic rings. The monoisotopic (exact) mass is 387 g/mol. The maximum absolute atomic E-state index is 6.32. The summed E-state index contributed by atoms with van der Waals surface area (Å²) in [5.41, 5.74) is 1.19. The van der Waals surface area contributed by atoms with Crippen molar-refractivity contribution in [1.29, 1.82) is 0 Å². The van der Waals surface area contributed by atoms with Gasteiger partial charge in [-0.15, -0.1) is 0 Å². The summed E-state index contributed by atoms with van der Waals surface area (Å²) in [7, 11) is 2.13. The van der Waals surface area contributed by atoms with Crippen LogP contribution in [-0.2, 0) is 11.3 Å². The number of hydrogen-bond acceptors (Lipinski definition) is 6. The van der Waals surface area contributed by atoms with E-state index in [9.17, 15) is 0 Å². The average molecular weight is 388 g/mol. The highest BCUT2D eigenvalue weighted by Gasteiger charge is 2.27. The minimum absolute atomic E-state index is 0.444. The Labute approximate surface area is 165 Å². The van der Waals surface area contributed by atoms with Crippen LogP contribution >= 0.6 is 11.6 Å². The minimum Gasteiger partial charge on any atom is -0.378 e. The van der Waals surface area contributed by atoms with Crippen LogP contribution < -0.4 is 9.80 Å². The molecule has 4 rings (SSSR count). The molecule has 2 aromatic rings. The topological polar surface area (TPSA) is 44.7 Å². The molecule has 0 spiro atoms.